The van der Waals surface area contributed by atoms with Crippen LogP contribution in [0.1, 0.15) is 12.8 Å². The van der Waals surface area contributed by atoms with E-state index in [1.165, 1.54) is 11.8 Å². The smallest absolute Gasteiger partial charge is 0.390 e. The quantitative estimate of drug-likeness (QED) is 0.657. The number of hydrogen-bond donors (Lipinski definition) is 3. The molecule has 3 N–H and O–H groups in total. The zero-order chi connectivity index (χ0) is 13.3. The molecule has 0 aromatic rings. The molecule has 0 heterocycles. The minimum atomic E-state index is -4.27. The molecule has 0 spiro atoms. The fourth-order valence-corrected chi connectivity index (χ4v) is 1.76. The average molecular weight is 274 g/mol. The summed E-state index contributed by atoms with van der Waals surface area (Å²) in [6.07, 6.45) is -3.09. The molecule has 2 amide bonds. The molecule has 4 nitrogen and oxygen atoms in total. The maximum Gasteiger partial charge on any atom is 0.390 e. The van der Waals surface area contributed by atoms with Crippen LogP contribution in [0.25, 0.3) is 0 Å². The molecule has 0 rings (SSSR count). The lowest BCUT2D eigenvalue weighted by Crippen LogP contribution is -2.44. The molecule has 0 aromatic carbocycles. The topological polar surface area (TPSA) is 61.4 Å². The third-order valence-electron chi connectivity index (χ3n) is 1.87. The summed E-state index contributed by atoms with van der Waals surface area (Å²) in [5.41, 5.74) is 0. The number of alkyl halides is 3. The van der Waals surface area contributed by atoms with E-state index in [1.807, 2.05) is 6.26 Å². The predicted molar refractivity (Wildman–Crippen MR) is 61.1 cm³/mol. The first-order chi connectivity index (χ1) is 7.89. The number of halogens is 3. The van der Waals surface area contributed by atoms with Gasteiger partial charge in [-0.15, -0.1) is 0 Å². The molecular weight excluding hydrogens is 257 g/mol. The van der Waals surface area contributed by atoms with Gasteiger partial charge in [0.15, 0.2) is 0 Å². The molecule has 0 aliphatic carbocycles. The average Bonchev–Trinajstić information content (AvgIpc) is 2.16. The third kappa shape index (κ3) is 10.3. The van der Waals surface area contributed by atoms with Crippen molar-refractivity contribution in [3.05, 3.63) is 0 Å². The lowest BCUT2D eigenvalue weighted by Gasteiger charge is -2.17. The number of carbonyl (C=O) groups excluding carboxylic acids is 1. The first kappa shape index (κ1) is 16.4. The molecule has 0 aliphatic rings. The monoisotopic (exact) mass is 274 g/mol. The molecule has 0 saturated carbocycles. The molecule has 8 heteroatoms. The van der Waals surface area contributed by atoms with Crippen molar-refractivity contribution >= 4 is 17.8 Å². The summed E-state index contributed by atoms with van der Waals surface area (Å²) in [6.45, 7) is -0.519. The molecular formula is C9H17F3N2O2S. The van der Waals surface area contributed by atoms with Gasteiger partial charge < -0.3 is 15.7 Å². The SMILES string of the molecule is CSCC(CCO)NC(=O)NCCC(F)(F)F. The van der Waals surface area contributed by atoms with Crippen LogP contribution in [0.3, 0.4) is 0 Å². The molecule has 1 unspecified atom stereocenters. The molecule has 1 atom stereocenters. The standard InChI is InChI=1S/C9H17F3N2O2S/c1-17-6-7(2-5-15)14-8(16)13-4-3-9(10,11)12/h7,15H,2-6H2,1H3,(H2,13,14,16). The number of hydrogen-bond acceptors (Lipinski definition) is 3. The zero-order valence-corrected chi connectivity index (χ0v) is 10.3. The van der Waals surface area contributed by atoms with E-state index in [0.717, 1.165) is 0 Å². The fraction of sp³-hybridized carbons (Fsp3) is 0.889. The minimum Gasteiger partial charge on any atom is -0.396 e. The van der Waals surface area contributed by atoms with Crippen molar-refractivity contribution in [2.24, 2.45) is 0 Å². The van der Waals surface area contributed by atoms with Gasteiger partial charge in [-0.1, -0.05) is 0 Å². The van der Waals surface area contributed by atoms with Gasteiger partial charge in [-0.2, -0.15) is 24.9 Å². The molecule has 0 aromatic heterocycles. The Kier molecular flexibility index (Phi) is 8.15. The molecule has 0 saturated heterocycles. The number of rotatable bonds is 7. The summed E-state index contributed by atoms with van der Waals surface area (Å²) >= 11 is 1.49. The normalized spacial score (nSPS) is 13.2. The Labute approximate surface area is 102 Å². The van der Waals surface area contributed by atoms with E-state index in [1.54, 1.807) is 0 Å². The number of amides is 2. The summed E-state index contributed by atoms with van der Waals surface area (Å²) in [6, 6.07) is -0.873. The van der Waals surface area contributed by atoms with Crippen LogP contribution in [0.2, 0.25) is 0 Å². The second kappa shape index (κ2) is 8.46. The number of aliphatic hydroxyl groups excluding tert-OH is 1. The van der Waals surface area contributed by atoms with Crippen LogP contribution in [0.5, 0.6) is 0 Å². The summed E-state index contributed by atoms with van der Waals surface area (Å²) < 4.78 is 35.4. The van der Waals surface area contributed by atoms with Crippen LogP contribution < -0.4 is 10.6 Å². The largest absolute Gasteiger partial charge is 0.396 e. The van der Waals surface area contributed by atoms with Crippen LogP contribution in [-0.4, -0.2) is 48.5 Å². The molecule has 0 aliphatic heterocycles. The van der Waals surface area contributed by atoms with Gasteiger partial charge in [-0.05, 0) is 12.7 Å². The van der Waals surface area contributed by atoms with Crippen LogP contribution in [0.15, 0.2) is 0 Å². The van der Waals surface area contributed by atoms with Crippen molar-refractivity contribution in [3.8, 4) is 0 Å². The Morgan fingerprint density at radius 1 is 1.47 bits per heavy atom. The van der Waals surface area contributed by atoms with E-state index >= 15 is 0 Å². The van der Waals surface area contributed by atoms with Crippen molar-refractivity contribution in [1.29, 1.82) is 0 Å². The summed E-state index contributed by atoms with van der Waals surface area (Å²) in [5.74, 6) is 0.604. The fourth-order valence-electron chi connectivity index (χ4n) is 1.11. The highest BCUT2D eigenvalue weighted by atomic mass is 32.2. The van der Waals surface area contributed by atoms with E-state index in [0.29, 0.717) is 12.2 Å². The van der Waals surface area contributed by atoms with E-state index < -0.39 is 25.2 Å². The highest BCUT2D eigenvalue weighted by Gasteiger charge is 2.26. The van der Waals surface area contributed by atoms with Gasteiger partial charge in [-0.3, -0.25) is 0 Å². The van der Waals surface area contributed by atoms with Crippen molar-refractivity contribution in [2.45, 2.75) is 25.1 Å². The highest BCUT2D eigenvalue weighted by molar-refractivity contribution is 7.98. The van der Waals surface area contributed by atoms with Crippen LogP contribution in [0, 0.1) is 0 Å². The Morgan fingerprint density at radius 3 is 2.59 bits per heavy atom. The summed E-state index contributed by atoms with van der Waals surface area (Å²) in [7, 11) is 0. The number of nitrogens with one attached hydrogen (secondary N) is 2. The predicted octanol–water partition coefficient (Wildman–Crippen LogP) is 1.35. The maximum absolute atomic E-state index is 11.8. The van der Waals surface area contributed by atoms with Gasteiger partial charge in [-0.25, -0.2) is 4.79 Å². The van der Waals surface area contributed by atoms with Crippen molar-refractivity contribution < 1.29 is 23.1 Å². The molecule has 0 radical (unpaired) electrons. The number of aliphatic hydroxyl groups is 1. The van der Waals surface area contributed by atoms with Crippen molar-refractivity contribution in [1.82, 2.24) is 10.6 Å². The van der Waals surface area contributed by atoms with Crippen molar-refractivity contribution in [3.63, 3.8) is 0 Å². The minimum absolute atomic E-state index is 0.0753. The second-order valence-corrected chi connectivity index (χ2v) is 4.34. The number of thioether (sulfide) groups is 1. The van der Waals surface area contributed by atoms with Crippen LogP contribution in [-0.2, 0) is 0 Å². The van der Waals surface area contributed by atoms with E-state index in [-0.39, 0.29) is 12.6 Å². The van der Waals surface area contributed by atoms with Gasteiger partial charge in [0.2, 0.25) is 0 Å². The lowest BCUT2D eigenvalue weighted by atomic mass is 10.2. The highest BCUT2D eigenvalue weighted by Crippen LogP contribution is 2.18. The Balaban J connectivity index is 3.81. The second-order valence-electron chi connectivity index (χ2n) is 3.43. The third-order valence-corrected chi connectivity index (χ3v) is 2.61. The van der Waals surface area contributed by atoms with Crippen molar-refractivity contribution in [2.75, 3.05) is 25.2 Å². The summed E-state index contributed by atoms with van der Waals surface area (Å²) in [4.78, 5) is 11.2. The van der Waals surface area contributed by atoms with Crippen LogP contribution >= 0.6 is 11.8 Å². The van der Waals surface area contributed by atoms with Gasteiger partial charge in [0.1, 0.15) is 0 Å². The Morgan fingerprint density at radius 2 is 2.12 bits per heavy atom. The van der Waals surface area contributed by atoms with Crippen LogP contribution in [0.4, 0.5) is 18.0 Å². The Hall–Kier alpha value is -0.630. The van der Waals surface area contributed by atoms with Gasteiger partial charge >= 0.3 is 12.2 Å². The maximum atomic E-state index is 11.8. The lowest BCUT2D eigenvalue weighted by molar-refractivity contribution is -0.132. The zero-order valence-electron chi connectivity index (χ0n) is 9.51. The number of carbonyl (C=O) groups is 1. The molecule has 17 heavy (non-hydrogen) atoms. The molecule has 0 fully saturated rings. The molecule has 0 bridgehead atoms. The Bertz CT molecular complexity index is 221. The summed E-state index contributed by atoms with van der Waals surface area (Å²) in [5, 5.41) is 13.4. The van der Waals surface area contributed by atoms with E-state index in [2.05, 4.69) is 10.6 Å². The first-order valence-corrected chi connectivity index (χ1v) is 6.49. The van der Waals surface area contributed by atoms with E-state index in [4.69, 9.17) is 5.11 Å². The van der Waals surface area contributed by atoms with E-state index in [9.17, 15) is 18.0 Å². The number of urea groups is 1. The van der Waals surface area contributed by atoms with Gasteiger partial charge in [0.05, 0.1) is 6.42 Å². The van der Waals surface area contributed by atoms with Gasteiger partial charge in [0.25, 0.3) is 0 Å². The van der Waals surface area contributed by atoms with Gasteiger partial charge in [0, 0.05) is 24.9 Å². The molecule has 102 valence electrons. The first-order valence-electron chi connectivity index (χ1n) is 5.10.